The third kappa shape index (κ3) is 3.56. The Hall–Kier alpha value is -1.85. The van der Waals surface area contributed by atoms with Crippen molar-refractivity contribution in [1.29, 1.82) is 0 Å². The number of nitrogens with zero attached hydrogens (tertiary/aromatic N) is 1. The number of benzene rings is 1. The minimum Gasteiger partial charge on any atom is -0.480 e. The van der Waals surface area contributed by atoms with Crippen molar-refractivity contribution in [2.24, 2.45) is 0 Å². The molecule has 5 nitrogen and oxygen atoms in total. The van der Waals surface area contributed by atoms with Gasteiger partial charge in [0.05, 0.1) is 19.4 Å². The molecule has 2 rings (SSSR count). The molecule has 0 bridgehead atoms. The predicted molar refractivity (Wildman–Crippen MR) is 71.0 cm³/mol. The third-order valence-corrected chi connectivity index (χ3v) is 2.93. The summed E-state index contributed by atoms with van der Waals surface area (Å²) in [5, 5.41) is 9.94. The minimum absolute atomic E-state index is 0.0110. The van der Waals surface area contributed by atoms with Crippen LogP contribution in [0.4, 0.5) is 0 Å². The molecule has 0 spiro atoms. The Morgan fingerprint density at radius 2 is 2.21 bits per heavy atom. The monoisotopic (exact) mass is 263 g/mol. The maximum atomic E-state index is 10.9. The molecule has 0 radical (unpaired) electrons. The smallest absolute Gasteiger partial charge is 0.317 e. The Bertz CT molecular complexity index is 549. The number of ether oxygens (including phenoxy) is 1. The van der Waals surface area contributed by atoms with Crippen molar-refractivity contribution in [3.05, 3.63) is 36.1 Å². The summed E-state index contributed by atoms with van der Waals surface area (Å²) in [5.41, 5.74) is 1.81. The number of aliphatic carboxylic acids is 1. The molecule has 1 N–H and O–H groups in total. The van der Waals surface area contributed by atoms with Gasteiger partial charge >= 0.3 is 5.97 Å². The van der Waals surface area contributed by atoms with Gasteiger partial charge in [0, 0.05) is 31.1 Å². The summed E-state index contributed by atoms with van der Waals surface area (Å²) in [4.78, 5) is 12.7. The predicted octanol–water partition coefficient (Wildman–Crippen LogP) is 1.97. The number of carboxylic acid groups (broad SMARTS) is 1. The van der Waals surface area contributed by atoms with Crippen LogP contribution in [0.25, 0.3) is 11.0 Å². The molecule has 0 atom stereocenters. The Morgan fingerprint density at radius 1 is 1.42 bits per heavy atom. The summed E-state index contributed by atoms with van der Waals surface area (Å²) >= 11 is 0. The number of rotatable bonds is 7. The van der Waals surface area contributed by atoms with E-state index in [1.807, 2.05) is 29.2 Å². The molecule has 0 fully saturated rings. The number of hydrogen-bond donors (Lipinski definition) is 1. The Labute approximate surface area is 111 Å². The maximum absolute atomic E-state index is 10.9. The van der Waals surface area contributed by atoms with Crippen molar-refractivity contribution >= 4 is 16.9 Å². The van der Waals surface area contributed by atoms with Crippen LogP contribution in [-0.4, -0.2) is 42.8 Å². The van der Waals surface area contributed by atoms with E-state index in [0.29, 0.717) is 19.7 Å². The second-order valence-electron chi connectivity index (χ2n) is 4.35. The van der Waals surface area contributed by atoms with E-state index in [1.165, 1.54) is 0 Å². The summed E-state index contributed by atoms with van der Waals surface area (Å²) in [6.07, 6.45) is 1.69. The number of methoxy groups -OCH3 is 1. The quantitative estimate of drug-likeness (QED) is 0.827. The average Bonchev–Trinajstić information content (AvgIpc) is 2.79. The van der Waals surface area contributed by atoms with Crippen molar-refractivity contribution in [3.63, 3.8) is 0 Å². The van der Waals surface area contributed by atoms with Crippen LogP contribution >= 0.6 is 0 Å². The fraction of sp³-hybridized carbons (Fsp3) is 0.357. The second kappa shape index (κ2) is 6.36. The van der Waals surface area contributed by atoms with Crippen molar-refractivity contribution in [3.8, 4) is 0 Å². The summed E-state index contributed by atoms with van der Waals surface area (Å²) in [5.74, 6) is -0.844. The molecule has 0 aliphatic heterocycles. The number of carbonyl (C=O) groups is 1. The zero-order valence-electron chi connectivity index (χ0n) is 10.8. The van der Waals surface area contributed by atoms with E-state index in [-0.39, 0.29) is 6.54 Å². The number of hydrogen-bond acceptors (Lipinski definition) is 4. The van der Waals surface area contributed by atoms with Crippen molar-refractivity contribution in [2.75, 3.05) is 26.8 Å². The van der Waals surface area contributed by atoms with Crippen LogP contribution < -0.4 is 0 Å². The molecule has 2 aromatic rings. The van der Waals surface area contributed by atoms with E-state index in [4.69, 9.17) is 14.3 Å². The number of furan rings is 1. The van der Waals surface area contributed by atoms with Gasteiger partial charge in [-0.3, -0.25) is 9.69 Å². The van der Waals surface area contributed by atoms with Gasteiger partial charge in [-0.25, -0.2) is 0 Å². The molecule has 19 heavy (non-hydrogen) atoms. The van der Waals surface area contributed by atoms with Gasteiger partial charge in [0.15, 0.2) is 0 Å². The highest BCUT2D eigenvalue weighted by Gasteiger charge is 2.13. The lowest BCUT2D eigenvalue weighted by atomic mass is 10.1. The van der Waals surface area contributed by atoms with Gasteiger partial charge in [-0.2, -0.15) is 0 Å². The highest BCUT2D eigenvalue weighted by molar-refractivity contribution is 5.80. The van der Waals surface area contributed by atoms with E-state index in [2.05, 4.69) is 0 Å². The minimum atomic E-state index is -0.844. The summed E-state index contributed by atoms with van der Waals surface area (Å²) in [6.45, 7) is 1.60. The molecule has 1 aromatic carbocycles. The molecular formula is C14H17NO4. The maximum Gasteiger partial charge on any atom is 0.317 e. The van der Waals surface area contributed by atoms with Crippen LogP contribution in [0.3, 0.4) is 0 Å². The van der Waals surface area contributed by atoms with E-state index >= 15 is 0 Å². The average molecular weight is 263 g/mol. The van der Waals surface area contributed by atoms with Crippen LogP contribution in [0.5, 0.6) is 0 Å². The first-order valence-corrected chi connectivity index (χ1v) is 6.09. The fourth-order valence-electron chi connectivity index (χ4n) is 2.02. The largest absolute Gasteiger partial charge is 0.480 e. The molecule has 102 valence electrons. The number of fused-ring (bicyclic) bond motifs is 1. The van der Waals surface area contributed by atoms with E-state index < -0.39 is 5.97 Å². The van der Waals surface area contributed by atoms with Gasteiger partial charge < -0.3 is 14.3 Å². The van der Waals surface area contributed by atoms with Crippen LogP contribution in [0.1, 0.15) is 5.56 Å². The van der Waals surface area contributed by atoms with Gasteiger partial charge in [0.25, 0.3) is 0 Å². The highest BCUT2D eigenvalue weighted by atomic mass is 16.5. The zero-order valence-corrected chi connectivity index (χ0v) is 10.8. The van der Waals surface area contributed by atoms with Gasteiger partial charge in [0.1, 0.15) is 5.58 Å². The zero-order chi connectivity index (χ0) is 13.7. The molecule has 0 aliphatic carbocycles. The standard InChI is InChI=1S/C14H17NO4/c1-18-7-6-15(9-14(16)17)8-11-10-19-13-5-3-2-4-12(11)13/h2-5,10H,6-9H2,1H3,(H,16,17). The molecule has 0 saturated carbocycles. The SMILES string of the molecule is COCCN(CC(=O)O)Cc1coc2ccccc12. The van der Waals surface area contributed by atoms with E-state index in [0.717, 1.165) is 16.5 Å². The second-order valence-corrected chi connectivity index (χ2v) is 4.35. The lowest BCUT2D eigenvalue weighted by Crippen LogP contribution is -2.32. The van der Waals surface area contributed by atoms with Crippen LogP contribution in [0, 0.1) is 0 Å². The van der Waals surface area contributed by atoms with E-state index in [9.17, 15) is 4.79 Å². The van der Waals surface area contributed by atoms with Crippen molar-refractivity contribution in [1.82, 2.24) is 4.90 Å². The number of carboxylic acids is 1. The topological polar surface area (TPSA) is 62.9 Å². The Balaban J connectivity index is 2.13. The van der Waals surface area contributed by atoms with Gasteiger partial charge in [-0.05, 0) is 6.07 Å². The summed E-state index contributed by atoms with van der Waals surface area (Å²) in [6, 6.07) is 7.73. The summed E-state index contributed by atoms with van der Waals surface area (Å²) < 4.78 is 10.5. The summed E-state index contributed by atoms with van der Waals surface area (Å²) in [7, 11) is 1.60. The molecule has 0 aliphatic rings. The van der Waals surface area contributed by atoms with Gasteiger partial charge in [-0.1, -0.05) is 18.2 Å². The lowest BCUT2D eigenvalue weighted by molar-refractivity contribution is -0.138. The van der Waals surface area contributed by atoms with Crippen LogP contribution in [0.15, 0.2) is 34.9 Å². The van der Waals surface area contributed by atoms with E-state index in [1.54, 1.807) is 13.4 Å². The van der Waals surface area contributed by atoms with Crippen molar-refractivity contribution in [2.45, 2.75) is 6.54 Å². The molecular weight excluding hydrogens is 246 g/mol. The first-order valence-electron chi connectivity index (χ1n) is 6.09. The molecule has 0 unspecified atom stereocenters. The van der Waals surface area contributed by atoms with Crippen molar-refractivity contribution < 1.29 is 19.1 Å². The third-order valence-electron chi connectivity index (χ3n) is 2.93. The molecule has 5 heteroatoms. The van der Waals surface area contributed by atoms with Gasteiger partial charge in [0.2, 0.25) is 0 Å². The molecule has 1 heterocycles. The number of para-hydroxylation sites is 1. The van der Waals surface area contributed by atoms with Gasteiger partial charge in [-0.15, -0.1) is 0 Å². The molecule has 0 amide bonds. The Morgan fingerprint density at radius 3 is 2.95 bits per heavy atom. The lowest BCUT2D eigenvalue weighted by Gasteiger charge is -2.19. The normalized spacial score (nSPS) is 11.3. The van der Waals surface area contributed by atoms with Crippen LogP contribution in [0.2, 0.25) is 0 Å². The molecule has 1 aromatic heterocycles. The Kier molecular flexibility index (Phi) is 4.54. The van der Waals surface area contributed by atoms with Crippen LogP contribution in [-0.2, 0) is 16.1 Å². The first kappa shape index (κ1) is 13.6. The fourth-order valence-corrected chi connectivity index (χ4v) is 2.02. The molecule has 0 saturated heterocycles. The highest BCUT2D eigenvalue weighted by Crippen LogP contribution is 2.21. The first-order chi connectivity index (χ1) is 9.20.